The number of nitrogens with one attached hydrogen (secondary N) is 1. The van der Waals surface area contributed by atoms with Crippen LogP contribution in [0.25, 0.3) is 0 Å². The molecule has 0 saturated carbocycles. The summed E-state index contributed by atoms with van der Waals surface area (Å²) in [6.45, 7) is 2.40. The van der Waals surface area contributed by atoms with Gasteiger partial charge in [0.05, 0.1) is 5.69 Å². The Balaban J connectivity index is 1.76. The normalized spacial score (nSPS) is 10.5. The van der Waals surface area contributed by atoms with Gasteiger partial charge < -0.3 is 5.32 Å². The number of aryl methyl sites for hydroxylation is 2. The van der Waals surface area contributed by atoms with Crippen molar-refractivity contribution >= 4 is 29.0 Å². The number of ketones is 1. The average molecular weight is 368 g/mol. The second-order valence-electron chi connectivity index (χ2n) is 5.88. The highest BCUT2D eigenvalue weighted by atomic mass is 35.5. The van der Waals surface area contributed by atoms with Crippen LogP contribution in [0.4, 0.5) is 5.69 Å². The van der Waals surface area contributed by atoms with Crippen LogP contribution in [-0.4, -0.2) is 21.5 Å². The molecule has 2 aromatic carbocycles. The highest BCUT2D eigenvalue weighted by Gasteiger charge is 2.16. The van der Waals surface area contributed by atoms with E-state index in [1.54, 1.807) is 53.3 Å². The van der Waals surface area contributed by atoms with E-state index in [4.69, 9.17) is 11.6 Å². The Morgan fingerprint density at radius 2 is 1.88 bits per heavy atom. The highest BCUT2D eigenvalue weighted by molar-refractivity contribution is 6.31. The first-order chi connectivity index (χ1) is 12.5. The Bertz CT molecular complexity index is 935. The lowest BCUT2D eigenvalue weighted by Gasteiger charge is -2.11. The van der Waals surface area contributed by atoms with Crippen molar-refractivity contribution in [2.75, 3.05) is 5.32 Å². The Morgan fingerprint density at radius 3 is 2.58 bits per heavy atom. The molecule has 5 nitrogen and oxygen atoms in total. The summed E-state index contributed by atoms with van der Waals surface area (Å²) in [5.41, 5.74) is 2.35. The fourth-order valence-electron chi connectivity index (χ4n) is 2.61. The molecular weight excluding hydrogens is 350 g/mol. The van der Waals surface area contributed by atoms with Gasteiger partial charge in [-0.1, -0.05) is 41.9 Å². The van der Waals surface area contributed by atoms with Gasteiger partial charge in [0.1, 0.15) is 0 Å². The van der Waals surface area contributed by atoms with E-state index in [-0.39, 0.29) is 18.1 Å². The van der Waals surface area contributed by atoms with Gasteiger partial charge in [0, 0.05) is 41.0 Å². The molecule has 1 amide bonds. The number of anilines is 1. The number of rotatable bonds is 6. The molecular formula is C20H18ClN3O2. The third kappa shape index (κ3) is 4.18. The van der Waals surface area contributed by atoms with Gasteiger partial charge in [-0.2, -0.15) is 5.10 Å². The lowest BCUT2D eigenvalue weighted by Crippen LogP contribution is -2.17. The monoisotopic (exact) mass is 367 g/mol. The van der Waals surface area contributed by atoms with Crippen molar-refractivity contribution in [3.8, 4) is 0 Å². The molecule has 6 heteroatoms. The second-order valence-corrected chi connectivity index (χ2v) is 6.32. The van der Waals surface area contributed by atoms with Crippen molar-refractivity contribution in [2.45, 2.75) is 19.9 Å². The molecule has 0 aliphatic heterocycles. The van der Waals surface area contributed by atoms with Gasteiger partial charge >= 0.3 is 0 Å². The number of carbonyl (C=O) groups is 2. The zero-order valence-electron chi connectivity index (χ0n) is 14.3. The summed E-state index contributed by atoms with van der Waals surface area (Å²) in [5, 5.41) is 7.41. The van der Waals surface area contributed by atoms with E-state index >= 15 is 0 Å². The van der Waals surface area contributed by atoms with Gasteiger partial charge in [0.15, 0.2) is 5.78 Å². The van der Waals surface area contributed by atoms with E-state index in [9.17, 15) is 9.59 Å². The Labute approximate surface area is 156 Å². The Kier molecular flexibility index (Phi) is 5.49. The standard InChI is InChI=1S/C20H18ClN3O2/c1-14-9-11-22-24(14)12-10-19(25)23-18-8-7-16(21)13-17(18)20(26)15-5-3-2-4-6-15/h2-9,11,13H,10,12H2,1H3,(H,23,25). The van der Waals surface area contributed by atoms with Gasteiger partial charge in [0.2, 0.25) is 5.91 Å². The number of hydrogen-bond acceptors (Lipinski definition) is 3. The smallest absolute Gasteiger partial charge is 0.226 e. The predicted octanol–water partition coefficient (Wildman–Crippen LogP) is 4.10. The quantitative estimate of drug-likeness (QED) is 0.667. The summed E-state index contributed by atoms with van der Waals surface area (Å²) in [5.74, 6) is -0.379. The minimum atomic E-state index is -0.190. The number of halogens is 1. The summed E-state index contributed by atoms with van der Waals surface area (Å²) < 4.78 is 1.76. The molecule has 0 unspecified atom stereocenters. The number of aromatic nitrogens is 2. The van der Waals surface area contributed by atoms with E-state index in [1.165, 1.54) is 0 Å². The molecule has 3 rings (SSSR count). The van der Waals surface area contributed by atoms with Crippen LogP contribution in [0.5, 0.6) is 0 Å². The molecule has 0 atom stereocenters. The van der Waals surface area contributed by atoms with Crippen LogP contribution in [0.1, 0.15) is 28.0 Å². The molecule has 26 heavy (non-hydrogen) atoms. The molecule has 0 fully saturated rings. The molecule has 1 heterocycles. The molecule has 0 aliphatic carbocycles. The van der Waals surface area contributed by atoms with Gasteiger partial charge in [-0.05, 0) is 31.2 Å². The fourth-order valence-corrected chi connectivity index (χ4v) is 2.78. The summed E-state index contributed by atoms with van der Waals surface area (Å²) in [4.78, 5) is 25.1. The number of carbonyl (C=O) groups excluding carboxylic acids is 2. The zero-order valence-corrected chi connectivity index (χ0v) is 15.0. The molecule has 3 aromatic rings. The first-order valence-electron chi connectivity index (χ1n) is 8.22. The second kappa shape index (κ2) is 7.97. The maximum absolute atomic E-state index is 12.8. The van der Waals surface area contributed by atoms with Crippen LogP contribution in [0.15, 0.2) is 60.8 Å². The predicted molar refractivity (Wildman–Crippen MR) is 102 cm³/mol. The maximum atomic E-state index is 12.8. The van der Waals surface area contributed by atoms with E-state index in [1.807, 2.05) is 19.1 Å². The third-order valence-electron chi connectivity index (χ3n) is 4.02. The van der Waals surface area contributed by atoms with Crippen molar-refractivity contribution in [3.05, 3.63) is 82.6 Å². The topological polar surface area (TPSA) is 64.0 Å². The van der Waals surface area contributed by atoms with Crippen molar-refractivity contribution < 1.29 is 9.59 Å². The van der Waals surface area contributed by atoms with E-state index < -0.39 is 0 Å². The van der Waals surface area contributed by atoms with Gasteiger partial charge in [-0.15, -0.1) is 0 Å². The van der Waals surface area contributed by atoms with Crippen molar-refractivity contribution in [1.29, 1.82) is 0 Å². The van der Waals surface area contributed by atoms with Crippen LogP contribution in [0, 0.1) is 6.92 Å². The van der Waals surface area contributed by atoms with Crippen molar-refractivity contribution in [1.82, 2.24) is 9.78 Å². The fraction of sp³-hybridized carbons (Fsp3) is 0.150. The van der Waals surface area contributed by atoms with Crippen molar-refractivity contribution in [2.24, 2.45) is 0 Å². The zero-order chi connectivity index (χ0) is 18.5. The van der Waals surface area contributed by atoms with Crippen LogP contribution in [-0.2, 0) is 11.3 Å². The minimum absolute atomic E-state index is 0.189. The largest absolute Gasteiger partial charge is 0.325 e. The summed E-state index contributed by atoms with van der Waals surface area (Å²) >= 11 is 6.05. The Morgan fingerprint density at radius 1 is 1.12 bits per heavy atom. The van der Waals surface area contributed by atoms with E-state index in [0.29, 0.717) is 28.4 Å². The lowest BCUT2D eigenvalue weighted by atomic mass is 10.0. The summed E-state index contributed by atoms with van der Waals surface area (Å²) in [7, 11) is 0. The van der Waals surface area contributed by atoms with Gasteiger partial charge in [-0.25, -0.2) is 0 Å². The minimum Gasteiger partial charge on any atom is -0.325 e. The number of nitrogens with zero attached hydrogens (tertiary/aromatic N) is 2. The highest BCUT2D eigenvalue weighted by Crippen LogP contribution is 2.24. The lowest BCUT2D eigenvalue weighted by molar-refractivity contribution is -0.116. The van der Waals surface area contributed by atoms with Crippen LogP contribution < -0.4 is 5.32 Å². The third-order valence-corrected chi connectivity index (χ3v) is 4.25. The van der Waals surface area contributed by atoms with Crippen LogP contribution >= 0.6 is 11.6 Å². The average Bonchev–Trinajstić information content (AvgIpc) is 3.06. The first-order valence-corrected chi connectivity index (χ1v) is 8.60. The number of hydrogen-bond donors (Lipinski definition) is 1. The molecule has 1 N–H and O–H groups in total. The molecule has 132 valence electrons. The number of amides is 1. The molecule has 0 bridgehead atoms. The maximum Gasteiger partial charge on any atom is 0.226 e. The SMILES string of the molecule is Cc1ccnn1CCC(=O)Nc1ccc(Cl)cc1C(=O)c1ccccc1. The van der Waals surface area contributed by atoms with Crippen LogP contribution in [0.2, 0.25) is 5.02 Å². The molecule has 1 aromatic heterocycles. The Hall–Kier alpha value is -2.92. The van der Waals surface area contributed by atoms with E-state index in [2.05, 4.69) is 10.4 Å². The summed E-state index contributed by atoms with van der Waals surface area (Å²) in [6, 6.07) is 15.6. The summed E-state index contributed by atoms with van der Waals surface area (Å²) in [6.07, 6.45) is 1.95. The molecule has 0 radical (unpaired) electrons. The van der Waals surface area contributed by atoms with Crippen molar-refractivity contribution in [3.63, 3.8) is 0 Å². The number of benzene rings is 2. The van der Waals surface area contributed by atoms with Gasteiger partial charge in [0.25, 0.3) is 0 Å². The first kappa shape index (κ1) is 17.9. The molecule has 0 aliphatic rings. The molecule has 0 spiro atoms. The molecule has 0 saturated heterocycles. The van der Waals surface area contributed by atoms with Gasteiger partial charge in [-0.3, -0.25) is 14.3 Å². The van der Waals surface area contributed by atoms with E-state index in [0.717, 1.165) is 5.69 Å². The van der Waals surface area contributed by atoms with Crippen LogP contribution in [0.3, 0.4) is 0 Å².